The van der Waals surface area contributed by atoms with E-state index in [-0.39, 0.29) is 11.2 Å². The third kappa shape index (κ3) is 5.74. The fourth-order valence-electron chi connectivity index (χ4n) is 1.63. The van der Waals surface area contributed by atoms with Crippen LogP contribution in [0, 0.1) is 5.41 Å². The lowest BCUT2D eigenvalue weighted by Gasteiger charge is -2.18. The Morgan fingerprint density at radius 2 is 1.72 bits per heavy atom. The normalized spacial score (nSPS) is 12.4. The Hall–Kier alpha value is -0.740. The zero-order valence-corrected chi connectivity index (χ0v) is 12.6. The lowest BCUT2D eigenvalue weighted by molar-refractivity contribution is 0.463. The van der Waals surface area contributed by atoms with Crippen molar-refractivity contribution in [3.05, 3.63) is 29.8 Å². The highest BCUT2D eigenvalue weighted by molar-refractivity contribution is 7.92. The van der Waals surface area contributed by atoms with Gasteiger partial charge in [-0.2, -0.15) is 0 Å². The minimum atomic E-state index is -3.29. The van der Waals surface area contributed by atoms with Crippen LogP contribution in [0.25, 0.3) is 0 Å². The minimum absolute atomic E-state index is 0.101. The number of alkyl halides is 1. The van der Waals surface area contributed by atoms with Gasteiger partial charge in [-0.3, -0.25) is 4.72 Å². The average molecular weight is 290 g/mol. The van der Waals surface area contributed by atoms with E-state index in [0.717, 1.165) is 12.0 Å². The first kappa shape index (κ1) is 15.3. The third-order valence-corrected chi connectivity index (χ3v) is 4.22. The summed E-state index contributed by atoms with van der Waals surface area (Å²) in [7, 11) is -3.29. The molecular formula is C13H20ClNO2S. The molecule has 0 radical (unpaired) electrons. The molecule has 0 saturated carbocycles. The van der Waals surface area contributed by atoms with Crippen LogP contribution in [-0.4, -0.2) is 20.1 Å². The first-order valence-corrected chi connectivity index (χ1v) is 8.06. The van der Waals surface area contributed by atoms with Crippen LogP contribution >= 0.6 is 11.6 Å². The van der Waals surface area contributed by atoms with Gasteiger partial charge >= 0.3 is 0 Å². The summed E-state index contributed by atoms with van der Waals surface area (Å²) in [5.74, 6) is 0.665. The minimum Gasteiger partial charge on any atom is -0.284 e. The molecule has 0 amide bonds. The number of halogens is 1. The highest BCUT2D eigenvalue weighted by Crippen LogP contribution is 2.19. The van der Waals surface area contributed by atoms with E-state index in [1.807, 2.05) is 32.9 Å². The van der Waals surface area contributed by atoms with Crippen molar-refractivity contribution in [2.75, 3.05) is 16.4 Å². The lowest BCUT2D eigenvalue weighted by Crippen LogP contribution is -2.26. The molecule has 102 valence electrons. The van der Waals surface area contributed by atoms with Crippen molar-refractivity contribution in [3.8, 4) is 0 Å². The van der Waals surface area contributed by atoms with Gasteiger partial charge in [-0.25, -0.2) is 8.42 Å². The van der Waals surface area contributed by atoms with Crippen molar-refractivity contribution in [2.45, 2.75) is 27.2 Å². The molecule has 0 atom stereocenters. The highest BCUT2D eigenvalue weighted by Gasteiger charge is 2.21. The number of hydrogen-bond acceptors (Lipinski definition) is 2. The van der Waals surface area contributed by atoms with E-state index in [2.05, 4.69) is 4.72 Å². The van der Waals surface area contributed by atoms with E-state index in [1.165, 1.54) is 0 Å². The molecule has 0 aromatic heterocycles. The first-order valence-electron chi connectivity index (χ1n) is 5.87. The number of benzene rings is 1. The molecule has 0 aliphatic rings. The molecule has 1 aromatic rings. The molecule has 0 aliphatic carbocycles. The van der Waals surface area contributed by atoms with Crippen LogP contribution in [0.4, 0.5) is 5.69 Å². The molecule has 3 nitrogen and oxygen atoms in total. The maximum Gasteiger partial charge on any atom is 0.233 e. The molecular weight excluding hydrogens is 270 g/mol. The second-order valence-corrected chi connectivity index (χ2v) is 7.66. The smallest absolute Gasteiger partial charge is 0.233 e. The van der Waals surface area contributed by atoms with Crippen LogP contribution in [0.1, 0.15) is 26.3 Å². The van der Waals surface area contributed by atoms with Crippen molar-refractivity contribution in [1.82, 2.24) is 0 Å². The largest absolute Gasteiger partial charge is 0.284 e. The molecule has 0 spiro atoms. The van der Waals surface area contributed by atoms with Gasteiger partial charge < -0.3 is 0 Å². The predicted octanol–water partition coefficient (Wildman–Crippen LogP) is 3.26. The zero-order valence-electron chi connectivity index (χ0n) is 11.0. The van der Waals surface area contributed by atoms with Gasteiger partial charge in [-0.15, -0.1) is 11.6 Å². The highest BCUT2D eigenvalue weighted by atomic mass is 35.5. The molecule has 0 aliphatic heterocycles. The monoisotopic (exact) mass is 289 g/mol. The molecule has 0 unspecified atom stereocenters. The summed E-state index contributed by atoms with van der Waals surface area (Å²) in [6.07, 6.45) is 0.788. The molecule has 5 heteroatoms. The zero-order chi connectivity index (χ0) is 13.8. The number of nitrogens with one attached hydrogen (secondary N) is 1. The molecule has 18 heavy (non-hydrogen) atoms. The summed E-state index contributed by atoms with van der Waals surface area (Å²) in [6.45, 7) is 5.70. The maximum absolute atomic E-state index is 11.9. The van der Waals surface area contributed by atoms with E-state index in [0.29, 0.717) is 11.6 Å². The van der Waals surface area contributed by atoms with E-state index in [9.17, 15) is 8.42 Å². The Labute approximate surface area is 115 Å². The average Bonchev–Trinajstić information content (AvgIpc) is 2.17. The van der Waals surface area contributed by atoms with Gasteiger partial charge in [0.05, 0.1) is 5.75 Å². The van der Waals surface area contributed by atoms with Crippen molar-refractivity contribution in [1.29, 1.82) is 0 Å². The van der Waals surface area contributed by atoms with Crippen molar-refractivity contribution >= 4 is 27.3 Å². The van der Waals surface area contributed by atoms with Crippen LogP contribution in [0.2, 0.25) is 0 Å². The Bertz CT molecular complexity index is 475. The van der Waals surface area contributed by atoms with E-state index < -0.39 is 10.0 Å². The fraction of sp³-hybridized carbons (Fsp3) is 0.538. The van der Waals surface area contributed by atoms with Gasteiger partial charge in [0.1, 0.15) is 0 Å². The van der Waals surface area contributed by atoms with Gasteiger partial charge in [0.15, 0.2) is 0 Å². The van der Waals surface area contributed by atoms with Crippen LogP contribution < -0.4 is 4.72 Å². The Morgan fingerprint density at radius 1 is 1.17 bits per heavy atom. The van der Waals surface area contributed by atoms with Gasteiger partial charge in [0.2, 0.25) is 10.0 Å². The topological polar surface area (TPSA) is 46.2 Å². The van der Waals surface area contributed by atoms with E-state index >= 15 is 0 Å². The van der Waals surface area contributed by atoms with Crippen LogP contribution in [0.3, 0.4) is 0 Å². The summed E-state index contributed by atoms with van der Waals surface area (Å²) in [6, 6.07) is 7.30. The third-order valence-electron chi connectivity index (χ3n) is 2.23. The number of sulfonamides is 1. The second kappa shape index (κ2) is 5.93. The number of rotatable bonds is 5. The standard InChI is InChI=1S/C13H20ClNO2S/c1-13(2,3)10-18(16,17)15-12-6-4-11(5-7-12)8-9-14/h4-7,15H,8-10H2,1-3H3. The quantitative estimate of drug-likeness (QED) is 0.846. The van der Waals surface area contributed by atoms with Crippen molar-refractivity contribution in [3.63, 3.8) is 0 Å². The Kier molecular flexibility index (Phi) is 5.05. The molecule has 1 N–H and O–H groups in total. The molecule has 0 bridgehead atoms. The summed E-state index contributed by atoms with van der Waals surface area (Å²) in [5.41, 5.74) is 1.44. The summed E-state index contributed by atoms with van der Waals surface area (Å²) < 4.78 is 26.4. The summed E-state index contributed by atoms with van der Waals surface area (Å²) in [5, 5.41) is 0. The van der Waals surface area contributed by atoms with Gasteiger partial charge in [0.25, 0.3) is 0 Å². The van der Waals surface area contributed by atoms with E-state index in [1.54, 1.807) is 12.1 Å². The summed E-state index contributed by atoms with van der Waals surface area (Å²) in [4.78, 5) is 0. The number of anilines is 1. The summed E-state index contributed by atoms with van der Waals surface area (Å²) >= 11 is 5.64. The molecule has 1 rings (SSSR count). The van der Waals surface area contributed by atoms with Crippen LogP contribution in [0.5, 0.6) is 0 Å². The molecule has 1 aromatic carbocycles. The van der Waals surface area contributed by atoms with Crippen molar-refractivity contribution in [2.24, 2.45) is 5.41 Å². The fourth-order valence-corrected chi connectivity index (χ4v) is 3.56. The lowest BCUT2D eigenvalue weighted by atomic mass is 10.0. The number of aryl methyl sites for hydroxylation is 1. The molecule has 0 heterocycles. The maximum atomic E-state index is 11.9. The van der Waals surface area contributed by atoms with Crippen LogP contribution in [-0.2, 0) is 16.4 Å². The van der Waals surface area contributed by atoms with Gasteiger partial charge in [-0.1, -0.05) is 32.9 Å². The Balaban J connectivity index is 2.72. The first-order chi connectivity index (χ1) is 8.22. The Morgan fingerprint density at radius 3 is 2.17 bits per heavy atom. The molecule has 0 saturated heterocycles. The van der Waals surface area contributed by atoms with Crippen LogP contribution in [0.15, 0.2) is 24.3 Å². The van der Waals surface area contributed by atoms with Crippen molar-refractivity contribution < 1.29 is 8.42 Å². The predicted molar refractivity (Wildman–Crippen MR) is 77.7 cm³/mol. The van der Waals surface area contributed by atoms with Gasteiger partial charge in [0, 0.05) is 11.6 Å². The number of hydrogen-bond donors (Lipinski definition) is 1. The SMILES string of the molecule is CC(C)(C)CS(=O)(=O)Nc1ccc(CCCl)cc1. The second-order valence-electron chi connectivity index (χ2n) is 5.56. The van der Waals surface area contributed by atoms with E-state index in [4.69, 9.17) is 11.6 Å². The molecule has 0 fully saturated rings. The van der Waals surface area contributed by atoms with Gasteiger partial charge in [-0.05, 0) is 29.5 Å².